The summed E-state index contributed by atoms with van der Waals surface area (Å²) in [4.78, 5) is 21.4. The predicted octanol–water partition coefficient (Wildman–Crippen LogP) is 3.51. The first-order valence-corrected chi connectivity index (χ1v) is 10.1. The first-order chi connectivity index (χ1) is 14.7. The number of carbonyl (C=O) groups excluding carboxylic acids is 1. The smallest absolute Gasteiger partial charge is 0.295 e. The van der Waals surface area contributed by atoms with Gasteiger partial charge in [0.2, 0.25) is 0 Å². The van der Waals surface area contributed by atoms with Gasteiger partial charge in [0.1, 0.15) is 5.52 Å². The molecule has 0 saturated carbocycles. The van der Waals surface area contributed by atoms with Gasteiger partial charge in [-0.15, -0.1) is 0 Å². The largest absolute Gasteiger partial charge is 0.424 e. The molecule has 30 heavy (non-hydrogen) atoms. The van der Waals surface area contributed by atoms with E-state index < -0.39 is 0 Å². The first-order valence-electron chi connectivity index (χ1n) is 10.1. The number of aromatic nitrogens is 4. The highest BCUT2D eigenvalue weighted by Crippen LogP contribution is 2.26. The van der Waals surface area contributed by atoms with Gasteiger partial charge in [0.15, 0.2) is 5.58 Å². The normalized spacial score (nSPS) is 19.2. The maximum atomic E-state index is 13.5. The molecule has 3 heterocycles. The molecule has 1 aliphatic rings. The lowest BCUT2D eigenvalue weighted by Crippen LogP contribution is -2.52. The second-order valence-corrected chi connectivity index (χ2v) is 7.45. The van der Waals surface area contributed by atoms with Crippen molar-refractivity contribution in [2.75, 3.05) is 11.9 Å². The highest BCUT2D eigenvalue weighted by atomic mass is 16.4. The molecule has 5 rings (SSSR count). The lowest BCUT2D eigenvalue weighted by atomic mass is 9.96. The van der Waals surface area contributed by atoms with Crippen LogP contribution in [-0.2, 0) is 0 Å². The number of carbonyl (C=O) groups is 1. The Balaban J connectivity index is 1.38. The third-order valence-electron chi connectivity index (χ3n) is 5.62. The van der Waals surface area contributed by atoms with Gasteiger partial charge in [0, 0.05) is 12.6 Å². The number of nitrogens with zero attached hydrogens (tertiary/aromatic N) is 5. The van der Waals surface area contributed by atoms with Crippen LogP contribution in [0.2, 0.25) is 0 Å². The Morgan fingerprint density at radius 3 is 2.70 bits per heavy atom. The number of benzene rings is 2. The summed E-state index contributed by atoms with van der Waals surface area (Å²) >= 11 is 0. The highest BCUT2D eigenvalue weighted by molar-refractivity contribution is 5.98. The van der Waals surface area contributed by atoms with Gasteiger partial charge >= 0.3 is 0 Å². The van der Waals surface area contributed by atoms with E-state index in [1.54, 1.807) is 12.4 Å². The van der Waals surface area contributed by atoms with Gasteiger partial charge in [-0.05, 0) is 44.0 Å². The fourth-order valence-electron chi connectivity index (χ4n) is 4.04. The van der Waals surface area contributed by atoms with Crippen LogP contribution in [0, 0.1) is 0 Å². The van der Waals surface area contributed by atoms with Crippen molar-refractivity contribution in [3.05, 3.63) is 66.5 Å². The zero-order valence-corrected chi connectivity index (χ0v) is 16.6. The number of hydrogen-bond donors (Lipinski definition) is 1. The molecule has 8 heteroatoms. The summed E-state index contributed by atoms with van der Waals surface area (Å²) in [7, 11) is 0. The van der Waals surface area contributed by atoms with Gasteiger partial charge in [-0.2, -0.15) is 20.0 Å². The van der Waals surface area contributed by atoms with E-state index in [1.807, 2.05) is 53.4 Å². The number of likely N-dealkylation sites (tertiary alicyclic amines) is 1. The minimum Gasteiger partial charge on any atom is -0.424 e. The van der Waals surface area contributed by atoms with Crippen LogP contribution in [0.4, 0.5) is 6.01 Å². The Morgan fingerprint density at radius 2 is 1.87 bits per heavy atom. The van der Waals surface area contributed by atoms with E-state index in [1.165, 1.54) is 4.80 Å². The van der Waals surface area contributed by atoms with E-state index in [0.717, 1.165) is 23.9 Å². The van der Waals surface area contributed by atoms with Crippen molar-refractivity contribution in [2.45, 2.75) is 31.8 Å². The molecule has 8 nitrogen and oxygen atoms in total. The molecular weight excluding hydrogens is 380 g/mol. The first kappa shape index (κ1) is 18.4. The molecule has 4 aromatic rings. The second kappa shape index (κ2) is 7.62. The number of piperidine rings is 1. The van der Waals surface area contributed by atoms with Crippen LogP contribution in [-0.4, -0.2) is 49.4 Å². The average molecular weight is 402 g/mol. The van der Waals surface area contributed by atoms with Gasteiger partial charge in [-0.25, -0.2) is 0 Å². The monoisotopic (exact) mass is 402 g/mol. The van der Waals surface area contributed by atoms with Crippen molar-refractivity contribution >= 4 is 23.0 Å². The minimum atomic E-state index is -0.0283. The zero-order valence-electron chi connectivity index (χ0n) is 16.6. The average Bonchev–Trinajstić information content (AvgIpc) is 3.44. The number of anilines is 1. The lowest BCUT2D eigenvalue weighted by Gasteiger charge is -2.39. The molecule has 0 aliphatic carbocycles. The summed E-state index contributed by atoms with van der Waals surface area (Å²) in [5, 5.41) is 11.8. The maximum absolute atomic E-state index is 13.5. The van der Waals surface area contributed by atoms with Crippen LogP contribution in [0.1, 0.15) is 30.1 Å². The van der Waals surface area contributed by atoms with Crippen LogP contribution in [0.15, 0.2) is 65.3 Å². The molecule has 0 spiro atoms. The number of rotatable bonds is 4. The number of para-hydroxylation sites is 3. The molecule has 152 valence electrons. The molecule has 2 aromatic carbocycles. The number of amides is 1. The summed E-state index contributed by atoms with van der Waals surface area (Å²) < 4.78 is 5.82. The van der Waals surface area contributed by atoms with Crippen molar-refractivity contribution in [2.24, 2.45) is 0 Å². The summed E-state index contributed by atoms with van der Waals surface area (Å²) in [5.74, 6) is -0.0283. The van der Waals surface area contributed by atoms with Crippen LogP contribution in [0.3, 0.4) is 0 Å². The molecule has 2 atom stereocenters. The van der Waals surface area contributed by atoms with E-state index in [2.05, 4.69) is 27.4 Å². The van der Waals surface area contributed by atoms with Crippen molar-refractivity contribution < 1.29 is 9.21 Å². The number of oxazole rings is 1. The molecule has 0 bridgehead atoms. The fourth-order valence-corrected chi connectivity index (χ4v) is 4.04. The third-order valence-corrected chi connectivity index (χ3v) is 5.62. The molecular formula is C22H22N6O2. The molecule has 2 aromatic heterocycles. The molecule has 1 amide bonds. The van der Waals surface area contributed by atoms with E-state index >= 15 is 0 Å². The van der Waals surface area contributed by atoms with Gasteiger partial charge in [-0.3, -0.25) is 4.79 Å². The van der Waals surface area contributed by atoms with Crippen LogP contribution < -0.4 is 5.32 Å². The fraction of sp³-hybridized carbons (Fsp3) is 0.273. The van der Waals surface area contributed by atoms with Gasteiger partial charge in [0.25, 0.3) is 11.9 Å². The van der Waals surface area contributed by atoms with Gasteiger partial charge < -0.3 is 14.6 Å². The third kappa shape index (κ3) is 3.30. The molecule has 1 N–H and O–H groups in total. The summed E-state index contributed by atoms with van der Waals surface area (Å²) in [6.45, 7) is 2.76. The SMILES string of the molecule is C[C@@H]1[C@@H](Nc2nc3ccccc3o2)CCCN1C(=O)c1ccccc1-n1nccn1. The van der Waals surface area contributed by atoms with Crippen molar-refractivity contribution in [1.29, 1.82) is 0 Å². The predicted molar refractivity (Wildman–Crippen MR) is 113 cm³/mol. The number of nitrogens with one attached hydrogen (secondary N) is 1. The molecule has 0 radical (unpaired) electrons. The van der Waals surface area contributed by atoms with E-state index in [0.29, 0.717) is 23.8 Å². The Kier molecular flexibility index (Phi) is 4.66. The van der Waals surface area contributed by atoms with Crippen LogP contribution in [0.5, 0.6) is 0 Å². The summed E-state index contributed by atoms with van der Waals surface area (Å²) in [6, 6.07) is 15.6. The highest BCUT2D eigenvalue weighted by Gasteiger charge is 2.33. The summed E-state index contributed by atoms with van der Waals surface area (Å²) in [5.41, 5.74) is 2.82. The standard InChI is InChI=1S/C22H22N6O2/c1-15-17(25-22-26-18-8-3-5-11-20(18)30-22)9-6-14-27(15)21(29)16-7-2-4-10-19(16)28-23-12-13-24-28/h2-5,7-8,10-13,15,17H,6,9,14H2,1H3,(H,25,26)/t15-,17+/m1/s1. The van der Waals surface area contributed by atoms with Crippen LogP contribution in [0.25, 0.3) is 16.8 Å². The van der Waals surface area contributed by atoms with Gasteiger partial charge in [0.05, 0.1) is 29.7 Å². The van der Waals surface area contributed by atoms with E-state index in [-0.39, 0.29) is 18.0 Å². The Bertz CT molecular complexity index is 1140. The Morgan fingerprint density at radius 1 is 1.10 bits per heavy atom. The maximum Gasteiger partial charge on any atom is 0.295 e. The Labute approximate surface area is 173 Å². The lowest BCUT2D eigenvalue weighted by molar-refractivity contribution is 0.0615. The minimum absolute atomic E-state index is 0.0279. The van der Waals surface area contributed by atoms with Crippen molar-refractivity contribution in [3.63, 3.8) is 0 Å². The molecule has 1 fully saturated rings. The quantitative estimate of drug-likeness (QED) is 0.562. The van der Waals surface area contributed by atoms with Crippen LogP contribution >= 0.6 is 0 Å². The van der Waals surface area contributed by atoms with E-state index in [4.69, 9.17) is 4.42 Å². The second-order valence-electron chi connectivity index (χ2n) is 7.45. The van der Waals surface area contributed by atoms with E-state index in [9.17, 15) is 4.79 Å². The van der Waals surface area contributed by atoms with Crippen molar-refractivity contribution in [3.8, 4) is 5.69 Å². The molecule has 1 aliphatic heterocycles. The number of fused-ring (bicyclic) bond motifs is 1. The molecule has 1 saturated heterocycles. The Hall–Kier alpha value is -3.68. The summed E-state index contributed by atoms with van der Waals surface area (Å²) in [6.07, 6.45) is 5.04. The molecule has 0 unspecified atom stereocenters. The van der Waals surface area contributed by atoms with Gasteiger partial charge in [-0.1, -0.05) is 24.3 Å². The zero-order chi connectivity index (χ0) is 20.5. The topological polar surface area (TPSA) is 89.1 Å². The number of hydrogen-bond acceptors (Lipinski definition) is 6. The van der Waals surface area contributed by atoms with Crippen molar-refractivity contribution in [1.82, 2.24) is 24.9 Å².